The number of rotatable bonds is 6. The van der Waals surface area contributed by atoms with Crippen molar-refractivity contribution >= 4 is 9.84 Å². The van der Waals surface area contributed by atoms with Gasteiger partial charge in [-0.25, -0.2) is 8.42 Å². The zero-order valence-electron chi connectivity index (χ0n) is 12.1. The molecule has 0 amide bonds. The maximum Gasteiger partial charge on any atom is 0.151 e. The van der Waals surface area contributed by atoms with Crippen LogP contribution in [0.25, 0.3) is 0 Å². The van der Waals surface area contributed by atoms with E-state index in [1.807, 2.05) is 0 Å². The summed E-state index contributed by atoms with van der Waals surface area (Å²) < 4.78 is 23.2. The van der Waals surface area contributed by atoms with E-state index in [1.54, 1.807) is 6.92 Å². The van der Waals surface area contributed by atoms with Crippen molar-refractivity contribution in [3.8, 4) is 0 Å². The van der Waals surface area contributed by atoms with E-state index >= 15 is 0 Å². The molecule has 1 N–H and O–H groups in total. The van der Waals surface area contributed by atoms with Gasteiger partial charge in [0.05, 0.1) is 5.75 Å². The molecule has 2 atom stereocenters. The summed E-state index contributed by atoms with van der Waals surface area (Å²) in [6.45, 7) is 10.9. The molecule has 1 aliphatic heterocycles. The summed E-state index contributed by atoms with van der Waals surface area (Å²) in [5.41, 5.74) is 0. The number of hydrogen-bond donors (Lipinski definition) is 1. The number of hydrogen-bond acceptors (Lipinski definition) is 4. The second-order valence-corrected chi connectivity index (χ2v) is 8.30. The maximum absolute atomic E-state index is 11.6. The quantitative estimate of drug-likeness (QED) is 0.790. The Morgan fingerprint density at radius 1 is 1.39 bits per heavy atom. The minimum Gasteiger partial charge on any atom is -0.311 e. The van der Waals surface area contributed by atoms with Gasteiger partial charge in [0, 0.05) is 37.5 Å². The van der Waals surface area contributed by atoms with E-state index in [0.717, 1.165) is 19.5 Å². The molecular formula is C13H28N2O2S. The van der Waals surface area contributed by atoms with Gasteiger partial charge in [0.15, 0.2) is 9.84 Å². The molecule has 1 fully saturated rings. The summed E-state index contributed by atoms with van der Waals surface area (Å²) >= 11 is 0. The second-order valence-electron chi connectivity index (χ2n) is 5.82. The molecule has 0 aromatic carbocycles. The summed E-state index contributed by atoms with van der Waals surface area (Å²) in [5, 5.41) is 3.49. The molecule has 0 aromatic rings. The van der Waals surface area contributed by atoms with Crippen LogP contribution in [0.3, 0.4) is 0 Å². The van der Waals surface area contributed by atoms with Crippen molar-refractivity contribution in [1.29, 1.82) is 0 Å². The molecule has 5 heteroatoms. The van der Waals surface area contributed by atoms with Crippen LogP contribution in [-0.2, 0) is 9.84 Å². The Morgan fingerprint density at radius 3 is 2.61 bits per heavy atom. The van der Waals surface area contributed by atoms with E-state index in [-0.39, 0.29) is 5.75 Å². The number of sulfone groups is 1. The fourth-order valence-electron chi connectivity index (χ4n) is 2.48. The number of piperazine rings is 1. The van der Waals surface area contributed by atoms with E-state index in [2.05, 4.69) is 31.0 Å². The van der Waals surface area contributed by atoms with E-state index in [1.165, 1.54) is 0 Å². The second kappa shape index (κ2) is 6.87. The first-order valence-electron chi connectivity index (χ1n) is 7.02. The Hall–Kier alpha value is -0.130. The molecule has 4 nitrogen and oxygen atoms in total. The van der Waals surface area contributed by atoms with Crippen LogP contribution in [0.15, 0.2) is 0 Å². The molecule has 1 aliphatic rings. The Bertz CT molecular complexity index is 341. The first kappa shape index (κ1) is 15.9. The molecule has 1 rings (SSSR count). The number of nitrogens with zero attached hydrogens (tertiary/aromatic N) is 1. The average Bonchev–Trinajstić information content (AvgIpc) is 2.29. The number of nitrogens with one attached hydrogen (secondary N) is 1. The van der Waals surface area contributed by atoms with Crippen LogP contribution in [0.5, 0.6) is 0 Å². The van der Waals surface area contributed by atoms with Gasteiger partial charge in [-0.3, -0.25) is 4.90 Å². The molecule has 0 bridgehead atoms. The molecule has 108 valence electrons. The van der Waals surface area contributed by atoms with Crippen LogP contribution in [-0.4, -0.2) is 56.5 Å². The summed E-state index contributed by atoms with van der Waals surface area (Å²) in [6.07, 6.45) is 1.13. The molecule has 0 aromatic heterocycles. The molecule has 2 unspecified atom stereocenters. The monoisotopic (exact) mass is 276 g/mol. The van der Waals surface area contributed by atoms with Crippen LogP contribution in [0.2, 0.25) is 0 Å². The Morgan fingerprint density at radius 2 is 2.06 bits per heavy atom. The van der Waals surface area contributed by atoms with Crippen molar-refractivity contribution in [2.24, 2.45) is 5.92 Å². The third-order valence-corrected chi connectivity index (χ3v) is 5.28. The summed E-state index contributed by atoms with van der Waals surface area (Å²) in [6, 6.07) is 0.936. The topological polar surface area (TPSA) is 49.4 Å². The highest BCUT2D eigenvalue weighted by atomic mass is 32.2. The Balaban J connectivity index is 2.56. The van der Waals surface area contributed by atoms with Crippen molar-refractivity contribution in [1.82, 2.24) is 10.2 Å². The minimum atomic E-state index is -2.85. The summed E-state index contributed by atoms with van der Waals surface area (Å²) in [7, 11) is -2.85. The first-order chi connectivity index (χ1) is 8.34. The van der Waals surface area contributed by atoms with Gasteiger partial charge in [-0.15, -0.1) is 0 Å². The summed E-state index contributed by atoms with van der Waals surface area (Å²) in [4.78, 5) is 2.36. The Labute approximate surface area is 112 Å². The van der Waals surface area contributed by atoms with Crippen LogP contribution in [0.4, 0.5) is 0 Å². The SMILES string of the molecule is CCS(=O)(=O)CCN1CC(C)NCC1CC(C)C. The highest BCUT2D eigenvalue weighted by Crippen LogP contribution is 2.15. The zero-order chi connectivity index (χ0) is 13.8. The average molecular weight is 276 g/mol. The van der Waals surface area contributed by atoms with Crippen molar-refractivity contribution in [3.05, 3.63) is 0 Å². The van der Waals surface area contributed by atoms with Gasteiger partial charge in [0.1, 0.15) is 0 Å². The third-order valence-electron chi connectivity index (χ3n) is 3.60. The molecule has 18 heavy (non-hydrogen) atoms. The van der Waals surface area contributed by atoms with Gasteiger partial charge in [0.2, 0.25) is 0 Å². The van der Waals surface area contributed by atoms with Gasteiger partial charge in [-0.05, 0) is 19.3 Å². The Kier molecular flexibility index (Phi) is 6.08. The van der Waals surface area contributed by atoms with Crippen LogP contribution < -0.4 is 5.32 Å². The van der Waals surface area contributed by atoms with Crippen LogP contribution in [0.1, 0.15) is 34.1 Å². The van der Waals surface area contributed by atoms with Gasteiger partial charge < -0.3 is 5.32 Å². The molecule has 0 aliphatic carbocycles. The predicted octanol–water partition coefficient (Wildman–Crippen LogP) is 1.13. The van der Waals surface area contributed by atoms with Crippen molar-refractivity contribution < 1.29 is 8.42 Å². The van der Waals surface area contributed by atoms with Crippen molar-refractivity contribution in [2.45, 2.75) is 46.2 Å². The largest absolute Gasteiger partial charge is 0.311 e. The van der Waals surface area contributed by atoms with Crippen LogP contribution >= 0.6 is 0 Å². The molecule has 0 spiro atoms. The maximum atomic E-state index is 11.6. The van der Waals surface area contributed by atoms with E-state index in [4.69, 9.17) is 0 Å². The van der Waals surface area contributed by atoms with Crippen LogP contribution in [0, 0.1) is 5.92 Å². The van der Waals surface area contributed by atoms with Crippen molar-refractivity contribution in [3.63, 3.8) is 0 Å². The predicted molar refractivity (Wildman–Crippen MR) is 76.6 cm³/mol. The molecule has 0 radical (unpaired) electrons. The molecular weight excluding hydrogens is 248 g/mol. The van der Waals surface area contributed by atoms with Gasteiger partial charge in [-0.1, -0.05) is 20.8 Å². The van der Waals surface area contributed by atoms with Crippen molar-refractivity contribution in [2.75, 3.05) is 31.1 Å². The smallest absolute Gasteiger partial charge is 0.151 e. The fourth-order valence-corrected chi connectivity index (χ4v) is 3.28. The lowest BCUT2D eigenvalue weighted by Crippen LogP contribution is -2.56. The minimum absolute atomic E-state index is 0.253. The normalized spacial score (nSPS) is 26.7. The molecule has 1 saturated heterocycles. The standard InChI is InChI=1S/C13H28N2O2S/c1-5-18(16,17)7-6-15-10-12(4)14-9-13(15)8-11(2)3/h11-14H,5-10H2,1-4H3. The summed E-state index contributed by atoms with van der Waals surface area (Å²) in [5.74, 6) is 1.20. The lowest BCUT2D eigenvalue weighted by atomic mass is 9.99. The zero-order valence-corrected chi connectivity index (χ0v) is 13.0. The van der Waals surface area contributed by atoms with E-state index < -0.39 is 9.84 Å². The van der Waals surface area contributed by atoms with Gasteiger partial charge >= 0.3 is 0 Å². The fraction of sp³-hybridized carbons (Fsp3) is 1.00. The van der Waals surface area contributed by atoms with E-state index in [9.17, 15) is 8.42 Å². The van der Waals surface area contributed by atoms with Gasteiger partial charge in [-0.2, -0.15) is 0 Å². The lowest BCUT2D eigenvalue weighted by molar-refractivity contribution is 0.126. The first-order valence-corrected chi connectivity index (χ1v) is 8.84. The van der Waals surface area contributed by atoms with E-state index in [0.29, 0.717) is 30.3 Å². The highest BCUT2D eigenvalue weighted by molar-refractivity contribution is 7.91. The van der Waals surface area contributed by atoms with Gasteiger partial charge in [0.25, 0.3) is 0 Å². The third kappa shape index (κ3) is 5.24. The molecule has 0 saturated carbocycles. The highest BCUT2D eigenvalue weighted by Gasteiger charge is 2.26. The molecule has 1 heterocycles. The lowest BCUT2D eigenvalue weighted by Gasteiger charge is -2.40.